The number of nitrogens with one attached hydrogen (secondary N) is 2. The molecule has 0 unspecified atom stereocenters. The number of nitrogens with zero attached hydrogens (tertiary/aromatic N) is 1. The van der Waals surface area contributed by atoms with E-state index >= 15 is 0 Å². The zero-order valence-electron chi connectivity index (χ0n) is 17.2. The predicted octanol–water partition coefficient (Wildman–Crippen LogP) is 3.47. The second-order valence-electron chi connectivity index (χ2n) is 6.27. The van der Waals surface area contributed by atoms with E-state index in [2.05, 4.69) is 15.6 Å². The number of ether oxygens (including phenoxy) is 2. The molecule has 0 saturated carbocycles. The van der Waals surface area contributed by atoms with Crippen LogP contribution in [0.15, 0.2) is 53.5 Å². The van der Waals surface area contributed by atoms with Crippen LogP contribution in [0.5, 0.6) is 5.75 Å². The van der Waals surface area contributed by atoms with Gasteiger partial charge in [-0.1, -0.05) is 36.4 Å². The van der Waals surface area contributed by atoms with Crippen LogP contribution in [0.3, 0.4) is 0 Å². The lowest BCUT2D eigenvalue weighted by atomic mass is 10.1. The van der Waals surface area contributed by atoms with Gasteiger partial charge in [0.25, 0.3) is 0 Å². The van der Waals surface area contributed by atoms with Gasteiger partial charge < -0.3 is 25.2 Å². The Morgan fingerprint density at radius 2 is 1.76 bits per heavy atom. The van der Waals surface area contributed by atoms with Crippen molar-refractivity contribution in [3.8, 4) is 5.75 Å². The molecule has 0 atom stereocenters. The van der Waals surface area contributed by atoms with E-state index in [1.54, 1.807) is 7.11 Å². The Kier molecular flexibility index (Phi) is 13.1. The number of halogens is 1. The minimum Gasteiger partial charge on any atom is -0.497 e. The maximum atomic E-state index is 9.50. The van der Waals surface area contributed by atoms with E-state index in [0.29, 0.717) is 13.1 Å². The van der Waals surface area contributed by atoms with E-state index in [1.807, 2.05) is 55.5 Å². The fourth-order valence-corrected chi connectivity index (χ4v) is 2.66. The lowest BCUT2D eigenvalue weighted by molar-refractivity contribution is 0.145. The van der Waals surface area contributed by atoms with Gasteiger partial charge in [0.05, 0.1) is 20.3 Å². The highest BCUT2D eigenvalue weighted by Gasteiger charge is 2.04. The average molecular weight is 513 g/mol. The summed E-state index contributed by atoms with van der Waals surface area (Å²) in [6.45, 7) is 5.41. The molecule has 2 aromatic carbocycles. The Hall–Kier alpha value is -1.84. The minimum atomic E-state index is 0. The zero-order chi connectivity index (χ0) is 20.0. The van der Waals surface area contributed by atoms with Crippen molar-refractivity contribution in [3.63, 3.8) is 0 Å². The molecule has 160 valence electrons. The Balaban J connectivity index is 0.00000420. The highest BCUT2D eigenvalue weighted by molar-refractivity contribution is 14.0. The van der Waals surface area contributed by atoms with E-state index in [1.165, 1.54) is 0 Å². The molecule has 3 N–H and O–H groups in total. The number of hydrogen-bond donors (Lipinski definition) is 3. The van der Waals surface area contributed by atoms with Crippen LogP contribution in [0.2, 0.25) is 0 Å². The maximum Gasteiger partial charge on any atom is 0.191 e. The van der Waals surface area contributed by atoms with Crippen LogP contribution in [0, 0.1) is 0 Å². The van der Waals surface area contributed by atoms with Gasteiger partial charge in [-0.2, -0.15) is 0 Å². The fraction of sp³-hybridized carbons (Fsp3) is 0.409. The van der Waals surface area contributed by atoms with E-state index in [9.17, 15) is 5.11 Å². The molecular formula is C22H32IN3O3. The molecule has 6 nitrogen and oxygen atoms in total. The van der Waals surface area contributed by atoms with Crippen molar-refractivity contribution in [2.45, 2.75) is 33.0 Å². The third kappa shape index (κ3) is 9.47. The lowest BCUT2D eigenvalue weighted by Gasteiger charge is -2.14. The number of guanidine groups is 1. The summed E-state index contributed by atoms with van der Waals surface area (Å²) in [4.78, 5) is 4.69. The van der Waals surface area contributed by atoms with Gasteiger partial charge in [0.2, 0.25) is 0 Å². The molecule has 0 aromatic heterocycles. The second-order valence-corrected chi connectivity index (χ2v) is 6.27. The molecule has 0 spiro atoms. The Bertz CT molecular complexity index is 723. The summed E-state index contributed by atoms with van der Waals surface area (Å²) in [6, 6.07) is 15.7. The largest absolute Gasteiger partial charge is 0.497 e. The molecule has 0 aliphatic rings. The SMILES string of the molecule is CCOCCCNC(=NCc1ccc(OC)cc1)NCc1ccccc1CO.I. The highest BCUT2D eigenvalue weighted by atomic mass is 127. The summed E-state index contributed by atoms with van der Waals surface area (Å²) < 4.78 is 10.6. The van der Waals surface area contributed by atoms with Gasteiger partial charge >= 0.3 is 0 Å². The van der Waals surface area contributed by atoms with Crippen LogP contribution in [0.1, 0.15) is 30.0 Å². The van der Waals surface area contributed by atoms with Crippen molar-refractivity contribution in [2.24, 2.45) is 4.99 Å². The highest BCUT2D eigenvalue weighted by Crippen LogP contribution is 2.12. The first-order chi connectivity index (χ1) is 13.8. The van der Waals surface area contributed by atoms with Crippen molar-refractivity contribution < 1.29 is 14.6 Å². The number of hydrogen-bond acceptors (Lipinski definition) is 4. The van der Waals surface area contributed by atoms with Crippen molar-refractivity contribution in [3.05, 3.63) is 65.2 Å². The number of benzene rings is 2. The first-order valence-electron chi connectivity index (χ1n) is 9.67. The number of methoxy groups -OCH3 is 1. The summed E-state index contributed by atoms with van der Waals surface area (Å²) in [5.74, 6) is 1.57. The van der Waals surface area contributed by atoms with Gasteiger partial charge in [-0.3, -0.25) is 0 Å². The topological polar surface area (TPSA) is 75.1 Å². The van der Waals surface area contributed by atoms with Gasteiger partial charge in [-0.15, -0.1) is 24.0 Å². The molecule has 0 fully saturated rings. The third-order valence-corrected chi connectivity index (χ3v) is 4.28. The van der Waals surface area contributed by atoms with Crippen LogP contribution in [-0.2, 0) is 24.4 Å². The predicted molar refractivity (Wildman–Crippen MR) is 128 cm³/mol. The molecule has 0 radical (unpaired) electrons. The monoisotopic (exact) mass is 513 g/mol. The summed E-state index contributed by atoms with van der Waals surface area (Å²) in [6.07, 6.45) is 0.907. The fourth-order valence-electron chi connectivity index (χ4n) is 2.66. The smallest absolute Gasteiger partial charge is 0.191 e. The van der Waals surface area contributed by atoms with Gasteiger partial charge in [0, 0.05) is 26.3 Å². The van der Waals surface area contributed by atoms with Crippen molar-refractivity contribution >= 4 is 29.9 Å². The number of rotatable bonds is 11. The van der Waals surface area contributed by atoms with Crippen LogP contribution >= 0.6 is 24.0 Å². The number of aliphatic hydroxyl groups is 1. The van der Waals surface area contributed by atoms with Crippen molar-refractivity contribution in [1.82, 2.24) is 10.6 Å². The standard InChI is InChI=1S/C22H31N3O3.HI/c1-3-28-14-6-13-23-22(24-15-18-9-11-21(27-2)12-10-18)25-16-19-7-4-5-8-20(19)17-26;/h4-5,7-12,26H,3,6,13-17H2,1-2H3,(H2,23,24,25);1H. The van der Waals surface area contributed by atoms with Crippen LogP contribution in [-0.4, -0.2) is 37.9 Å². The van der Waals surface area contributed by atoms with Crippen molar-refractivity contribution in [2.75, 3.05) is 26.9 Å². The van der Waals surface area contributed by atoms with Gasteiger partial charge in [0.15, 0.2) is 5.96 Å². The third-order valence-electron chi connectivity index (χ3n) is 4.28. The molecule has 7 heteroatoms. The van der Waals surface area contributed by atoms with E-state index in [0.717, 1.165) is 54.6 Å². The summed E-state index contributed by atoms with van der Waals surface area (Å²) >= 11 is 0. The molecule has 2 aromatic rings. The molecular weight excluding hydrogens is 481 g/mol. The summed E-state index contributed by atoms with van der Waals surface area (Å²) in [7, 11) is 1.66. The molecule has 0 aliphatic heterocycles. The van der Waals surface area contributed by atoms with E-state index in [4.69, 9.17) is 9.47 Å². The Labute approximate surface area is 190 Å². The van der Waals surface area contributed by atoms with Crippen LogP contribution < -0.4 is 15.4 Å². The van der Waals surface area contributed by atoms with Gasteiger partial charge in [0.1, 0.15) is 5.75 Å². The quantitative estimate of drug-likeness (QED) is 0.186. The summed E-state index contributed by atoms with van der Waals surface area (Å²) in [5.41, 5.74) is 3.08. The Morgan fingerprint density at radius 3 is 2.41 bits per heavy atom. The number of aliphatic hydroxyl groups excluding tert-OH is 1. The molecule has 0 bridgehead atoms. The maximum absolute atomic E-state index is 9.50. The Morgan fingerprint density at radius 1 is 1.03 bits per heavy atom. The van der Waals surface area contributed by atoms with E-state index in [-0.39, 0.29) is 30.6 Å². The van der Waals surface area contributed by atoms with Gasteiger partial charge in [-0.25, -0.2) is 4.99 Å². The molecule has 0 amide bonds. The zero-order valence-corrected chi connectivity index (χ0v) is 19.5. The normalized spacial score (nSPS) is 10.9. The molecule has 0 aliphatic carbocycles. The molecule has 2 rings (SSSR count). The molecule has 0 heterocycles. The van der Waals surface area contributed by atoms with Crippen LogP contribution in [0.4, 0.5) is 0 Å². The minimum absolute atomic E-state index is 0. The van der Waals surface area contributed by atoms with E-state index < -0.39 is 0 Å². The second kappa shape index (κ2) is 15.1. The molecule has 29 heavy (non-hydrogen) atoms. The first-order valence-corrected chi connectivity index (χ1v) is 9.67. The lowest BCUT2D eigenvalue weighted by Crippen LogP contribution is -2.38. The average Bonchev–Trinajstić information content (AvgIpc) is 2.75. The number of aliphatic imine (C=N–C) groups is 1. The van der Waals surface area contributed by atoms with Gasteiger partial charge in [-0.05, 0) is 42.2 Å². The molecule has 0 saturated heterocycles. The van der Waals surface area contributed by atoms with Crippen molar-refractivity contribution in [1.29, 1.82) is 0 Å². The first kappa shape index (κ1) is 25.2. The van der Waals surface area contributed by atoms with Crippen LogP contribution in [0.25, 0.3) is 0 Å². The summed E-state index contributed by atoms with van der Waals surface area (Å²) in [5, 5.41) is 16.2.